The number of ether oxygens (including phenoxy) is 1. The van der Waals surface area contributed by atoms with E-state index in [4.69, 9.17) is 4.74 Å². The van der Waals surface area contributed by atoms with Crippen molar-refractivity contribution >= 4 is 22.6 Å². The fourth-order valence-electron chi connectivity index (χ4n) is 4.82. The van der Waals surface area contributed by atoms with Crippen molar-refractivity contribution in [1.82, 2.24) is 14.5 Å². The van der Waals surface area contributed by atoms with Gasteiger partial charge in [-0.15, -0.1) is 0 Å². The van der Waals surface area contributed by atoms with Crippen molar-refractivity contribution in [3.63, 3.8) is 0 Å². The topological polar surface area (TPSA) is 50.6 Å². The number of carbonyl (C=O) groups is 1. The van der Waals surface area contributed by atoms with Crippen LogP contribution in [-0.2, 0) is 12.7 Å². The first kappa shape index (κ1) is 28.0. The molecule has 4 rings (SSSR count). The molecule has 1 heterocycles. The molecule has 6 nitrogen and oxygen atoms in total. The number of benzene rings is 3. The average molecular weight is 539 g/mol. The van der Waals surface area contributed by atoms with Crippen LogP contribution in [-0.4, -0.2) is 48.1 Å². The second-order valence-electron chi connectivity index (χ2n) is 9.84. The molecule has 39 heavy (non-hydrogen) atoms. The number of imidazole rings is 1. The number of halogens is 3. The number of anilines is 1. The summed E-state index contributed by atoms with van der Waals surface area (Å²) in [7, 11) is 5.47. The van der Waals surface area contributed by atoms with E-state index in [-0.39, 0.29) is 18.0 Å². The van der Waals surface area contributed by atoms with E-state index in [1.54, 1.807) is 28.7 Å². The molecular formula is C30H33F3N4O2. The Morgan fingerprint density at radius 2 is 1.64 bits per heavy atom. The number of rotatable bonds is 8. The predicted octanol–water partition coefficient (Wildman–Crippen LogP) is 6.79. The summed E-state index contributed by atoms with van der Waals surface area (Å²) in [4.78, 5) is 22.2. The normalized spacial score (nSPS) is 11.6. The summed E-state index contributed by atoms with van der Waals surface area (Å²) < 4.78 is 47.5. The molecule has 0 atom stereocenters. The van der Waals surface area contributed by atoms with Crippen LogP contribution in [0.25, 0.3) is 16.7 Å². The van der Waals surface area contributed by atoms with Gasteiger partial charge in [0.05, 0.1) is 30.3 Å². The van der Waals surface area contributed by atoms with Crippen molar-refractivity contribution in [2.75, 3.05) is 32.6 Å². The molecule has 0 aliphatic rings. The van der Waals surface area contributed by atoms with Gasteiger partial charge in [-0.1, -0.05) is 6.92 Å². The van der Waals surface area contributed by atoms with Gasteiger partial charge in [0.15, 0.2) is 0 Å². The lowest BCUT2D eigenvalue weighted by Gasteiger charge is -2.25. The minimum absolute atomic E-state index is 0.128. The second kappa shape index (κ2) is 11.0. The van der Waals surface area contributed by atoms with Crippen molar-refractivity contribution in [1.29, 1.82) is 0 Å². The maximum Gasteiger partial charge on any atom is 0.416 e. The molecule has 206 valence electrons. The number of fused-ring (bicyclic) bond motifs is 1. The first-order valence-corrected chi connectivity index (χ1v) is 12.8. The van der Waals surface area contributed by atoms with E-state index in [9.17, 15) is 18.0 Å². The van der Waals surface area contributed by atoms with Gasteiger partial charge in [-0.05, 0) is 86.0 Å². The number of carbonyl (C=O) groups excluding carboxylic acids is 1. The largest absolute Gasteiger partial charge is 0.497 e. The summed E-state index contributed by atoms with van der Waals surface area (Å²) in [6, 6.07) is 14.7. The maximum absolute atomic E-state index is 13.9. The van der Waals surface area contributed by atoms with Crippen LogP contribution in [0.5, 0.6) is 5.75 Å². The highest BCUT2D eigenvalue weighted by Gasteiger charge is 2.31. The molecule has 9 heteroatoms. The molecule has 0 saturated heterocycles. The average Bonchev–Trinajstić information content (AvgIpc) is 3.24. The van der Waals surface area contributed by atoms with E-state index < -0.39 is 11.7 Å². The third kappa shape index (κ3) is 5.72. The molecule has 0 fully saturated rings. The van der Waals surface area contributed by atoms with E-state index in [1.165, 1.54) is 6.07 Å². The Morgan fingerprint density at radius 3 is 2.18 bits per heavy atom. The highest BCUT2D eigenvalue weighted by Crippen LogP contribution is 2.33. The summed E-state index contributed by atoms with van der Waals surface area (Å²) in [6.45, 7) is 6.41. The molecule has 0 saturated carbocycles. The molecule has 0 unspecified atom stereocenters. The number of nitrogens with zero attached hydrogens (tertiary/aromatic N) is 4. The van der Waals surface area contributed by atoms with Gasteiger partial charge in [-0.2, -0.15) is 13.2 Å². The van der Waals surface area contributed by atoms with Crippen molar-refractivity contribution < 1.29 is 22.7 Å². The van der Waals surface area contributed by atoms with Crippen LogP contribution in [0.15, 0.2) is 54.6 Å². The number of amides is 1. The Labute approximate surface area is 226 Å². The lowest BCUT2D eigenvalue weighted by atomic mass is 10.00. The maximum atomic E-state index is 13.9. The van der Waals surface area contributed by atoms with Crippen LogP contribution >= 0.6 is 0 Å². The summed E-state index contributed by atoms with van der Waals surface area (Å²) >= 11 is 0. The Kier molecular flexibility index (Phi) is 7.90. The van der Waals surface area contributed by atoms with Gasteiger partial charge in [0.1, 0.15) is 11.6 Å². The molecule has 1 amide bonds. The number of methoxy groups -OCH3 is 1. The quantitative estimate of drug-likeness (QED) is 0.248. The van der Waals surface area contributed by atoms with Crippen LogP contribution in [0, 0.1) is 13.8 Å². The fraction of sp³-hybridized carbons (Fsp3) is 0.333. The van der Waals surface area contributed by atoms with Gasteiger partial charge in [-0.25, -0.2) is 4.98 Å². The number of aromatic nitrogens is 2. The van der Waals surface area contributed by atoms with Crippen molar-refractivity contribution in [3.8, 4) is 11.4 Å². The zero-order valence-electron chi connectivity index (χ0n) is 23.1. The first-order valence-electron chi connectivity index (χ1n) is 12.8. The summed E-state index contributed by atoms with van der Waals surface area (Å²) in [5.74, 6) is 0.983. The van der Waals surface area contributed by atoms with Crippen LogP contribution in [0.2, 0.25) is 0 Å². The number of hydrogen-bond acceptors (Lipinski definition) is 4. The van der Waals surface area contributed by atoms with Gasteiger partial charge in [0.25, 0.3) is 5.91 Å². The lowest BCUT2D eigenvalue weighted by molar-refractivity contribution is -0.137. The molecule has 0 radical (unpaired) electrons. The van der Waals surface area contributed by atoms with Gasteiger partial charge in [-0.3, -0.25) is 9.36 Å². The smallest absolute Gasteiger partial charge is 0.416 e. The van der Waals surface area contributed by atoms with Crippen molar-refractivity contribution in [2.24, 2.45) is 0 Å². The van der Waals surface area contributed by atoms with E-state index in [0.29, 0.717) is 41.3 Å². The molecule has 1 aromatic heterocycles. The van der Waals surface area contributed by atoms with Crippen molar-refractivity contribution in [2.45, 2.75) is 39.9 Å². The van der Waals surface area contributed by atoms with E-state index in [1.807, 2.05) is 64.0 Å². The predicted molar refractivity (Wildman–Crippen MR) is 148 cm³/mol. The third-order valence-electron chi connectivity index (χ3n) is 6.74. The number of aryl methyl sites for hydroxylation is 2. The molecule has 0 aliphatic carbocycles. The van der Waals surface area contributed by atoms with Gasteiger partial charge in [0.2, 0.25) is 0 Å². The monoisotopic (exact) mass is 538 g/mol. The van der Waals surface area contributed by atoms with E-state index in [2.05, 4.69) is 4.98 Å². The SMILES string of the molecule is CCCN(Cc1nc2cc(C(F)(F)F)ccc2n1-c1ccc(OC)cc1)C(=O)c1c(C)cc(N(C)C)cc1C. The Bertz CT molecular complexity index is 1470. The van der Waals surface area contributed by atoms with Crippen LogP contribution in [0.1, 0.15) is 46.2 Å². The van der Waals surface area contributed by atoms with Gasteiger partial charge in [0, 0.05) is 37.6 Å². The van der Waals surface area contributed by atoms with Gasteiger partial charge < -0.3 is 14.5 Å². The Balaban J connectivity index is 1.83. The third-order valence-corrected chi connectivity index (χ3v) is 6.74. The minimum atomic E-state index is -4.49. The van der Waals surface area contributed by atoms with Crippen LogP contribution in [0.3, 0.4) is 0 Å². The van der Waals surface area contributed by atoms with Crippen LogP contribution in [0.4, 0.5) is 18.9 Å². The summed E-state index contributed by atoms with van der Waals surface area (Å²) in [6.07, 6.45) is -3.78. The van der Waals surface area contributed by atoms with E-state index >= 15 is 0 Å². The number of alkyl halides is 3. The Morgan fingerprint density at radius 1 is 1.00 bits per heavy atom. The highest BCUT2D eigenvalue weighted by molar-refractivity contribution is 5.97. The number of hydrogen-bond donors (Lipinski definition) is 0. The molecule has 4 aromatic rings. The molecule has 0 spiro atoms. The molecule has 0 aliphatic heterocycles. The highest BCUT2D eigenvalue weighted by atomic mass is 19.4. The van der Waals surface area contributed by atoms with Crippen LogP contribution < -0.4 is 9.64 Å². The standard InChI is InChI=1S/C30H33F3N4O2/c1-7-14-36(29(38)28-19(2)15-23(35(4)5)16-20(28)3)18-27-34-25-17-21(30(31,32)33)8-13-26(25)37(27)22-9-11-24(39-6)12-10-22/h8-13,15-17H,7,14,18H2,1-6H3. The fourth-order valence-corrected chi connectivity index (χ4v) is 4.82. The van der Waals surface area contributed by atoms with E-state index in [0.717, 1.165) is 28.9 Å². The zero-order valence-corrected chi connectivity index (χ0v) is 23.1. The molecule has 0 bridgehead atoms. The van der Waals surface area contributed by atoms with Gasteiger partial charge >= 0.3 is 6.18 Å². The Hall–Kier alpha value is -4.01. The lowest BCUT2D eigenvalue weighted by Crippen LogP contribution is -2.33. The molecule has 0 N–H and O–H groups in total. The molecular weight excluding hydrogens is 505 g/mol. The van der Waals surface area contributed by atoms with Crippen molar-refractivity contribution in [3.05, 3.63) is 82.7 Å². The summed E-state index contributed by atoms with van der Waals surface area (Å²) in [5, 5.41) is 0. The zero-order chi connectivity index (χ0) is 28.5. The first-order chi connectivity index (χ1) is 18.4. The molecule has 3 aromatic carbocycles. The minimum Gasteiger partial charge on any atom is -0.497 e. The second-order valence-corrected chi connectivity index (χ2v) is 9.84. The summed E-state index contributed by atoms with van der Waals surface area (Å²) in [5.41, 5.74) is 4.03.